The van der Waals surface area contributed by atoms with Gasteiger partial charge in [0.25, 0.3) is 5.91 Å². The van der Waals surface area contributed by atoms with Gasteiger partial charge in [-0.3, -0.25) is 4.79 Å². The van der Waals surface area contributed by atoms with E-state index in [9.17, 15) is 18.7 Å². The Kier molecular flexibility index (Phi) is 4.99. The minimum absolute atomic E-state index is 0.0676. The molecule has 154 valence electrons. The fourth-order valence-electron chi connectivity index (χ4n) is 5.63. The minimum atomic E-state index is -2.82. The van der Waals surface area contributed by atoms with Gasteiger partial charge in [-0.1, -0.05) is 37.3 Å². The predicted octanol–water partition coefficient (Wildman–Crippen LogP) is 3.16. The maximum Gasteiger partial charge on any atom is 0.259 e. The van der Waals surface area contributed by atoms with E-state index in [1.54, 1.807) is 35.2 Å². The number of likely N-dealkylation sites (tertiary alicyclic amines) is 1. The van der Waals surface area contributed by atoms with Crippen molar-refractivity contribution in [2.24, 2.45) is 17.3 Å². The average molecular weight is 392 g/mol. The number of rotatable bonds is 3. The third kappa shape index (κ3) is 3.24. The number of piperidine rings is 1. The highest BCUT2D eigenvalue weighted by atomic mass is 19.3. The lowest BCUT2D eigenvalue weighted by Gasteiger charge is -2.39. The van der Waals surface area contributed by atoms with Crippen molar-refractivity contribution in [1.82, 2.24) is 10.2 Å². The van der Waals surface area contributed by atoms with Crippen LogP contribution in [0.4, 0.5) is 8.78 Å². The molecular formula is C22H30F2N2O2. The van der Waals surface area contributed by atoms with Crippen molar-refractivity contribution < 1.29 is 18.7 Å². The number of aliphatic hydroxyl groups is 1. The molecule has 3 fully saturated rings. The molecule has 2 aliphatic heterocycles. The number of amides is 1. The van der Waals surface area contributed by atoms with Gasteiger partial charge >= 0.3 is 0 Å². The molecule has 4 rings (SSSR count). The molecule has 1 saturated carbocycles. The summed E-state index contributed by atoms with van der Waals surface area (Å²) in [6, 6.07) is 8.69. The van der Waals surface area contributed by atoms with E-state index in [1.165, 1.54) is 0 Å². The molecule has 3 aliphatic rings. The first-order valence-electron chi connectivity index (χ1n) is 10.4. The molecule has 0 bridgehead atoms. The first-order valence-corrected chi connectivity index (χ1v) is 10.4. The second-order valence-electron chi connectivity index (χ2n) is 9.13. The molecule has 1 spiro atoms. The Morgan fingerprint density at radius 3 is 2.50 bits per heavy atom. The van der Waals surface area contributed by atoms with E-state index in [-0.39, 0.29) is 18.3 Å². The summed E-state index contributed by atoms with van der Waals surface area (Å²) in [5.74, 6) is -3.65. The zero-order chi connectivity index (χ0) is 20.0. The summed E-state index contributed by atoms with van der Waals surface area (Å²) in [4.78, 5) is 15.4. The van der Waals surface area contributed by atoms with E-state index in [0.29, 0.717) is 24.6 Å². The molecule has 4 nitrogen and oxygen atoms in total. The Balaban J connectivity index is 1.65. The van der Waals surface area contributed by atoms with E-state index >= 15 is 0 Å². The lowest BCUT2D eigenvalue weighted by Crippen LogP contribution is -2.51. The van der Waals surface area contributed by atoms with E-state index < -0.39 is 29.8 Å². The number of carbonyl (C=O) groups excluding carboxylic acids is 1. The Labute approximate surface area is 165 Å². The van der Waals surface area contributed by atoms with Crippen molar-refractivity contribution in [3.8, 4) is 0 Å². The van der Waals surface area contributed by atoms with Gasteiger partial charge in [0.05, 0.1) is 0 Å². The lowest BCUT2D eigenvalue weighted by molar-refractivity contribution is -0.160. The van der Waals surface area contributed by atoms with Crippen LogP contribution in [-0.2, 0) is 10.4 Å². The second kappa shape index (κ2) is 7.06. The molecule has 1 aromatic rings. The van der Waals surface area contributed by atoms with Crippen LogP contribution in [0.25, 0.3) is 0 Å². The smallest absolute Gasteiger partial charge is 0.259 e. The van der Waals surface area contributed by atoms with Crippen molar-refractivity contribution in [2.75, 3.05) is 26.2 Å². The zero-order valence-corrected chi connectivity index (χ0v) is 16.5. The van der Waals surface area contributed by atoms with Crippen molar-refractivity contribution >= 4 is 5.91 Å². The van der Waals surface area contributed by atoms with Crippen LogP contribution in [0, 0.1) is 17.3 Å². The summed E-state index contributed by atoms with van der Waals surface area (Å²) in [6.07, 6.45) is 1.45. The van der Waals surface area contributed by atoms with E-state index in [1.807, 2.05) is 0 Å². The highest BCUT2D eigenvalue weighted by Gasteiger charge is 2.57. The van der Waals surface area contributed by atoms with Crippen LogP contribution in [0.1, 0.15) is 44.6 Å². The molecule has 2 heterocycles. The maximum atomic E-state index is 14.0. The summed E-state index contributed by atoms with van der Waals surface area (Å²) < 4.78 is 28.0. The molecule has 1 aliphatic carbocycles. The van der Waals surface area contributed by atoms with E-state index in [4.69, 9.17) is 0 Å². The van der Waals surface area contributed by atoms with Crippen LogP contribution < -0.4 is 5.32 Å². The quantitative estimate of drug-likeness (QED) is 0.831. The molecule has 6 heteroatoms. The Hall–Kier alpha value is -1.53. The molecule has 1 unspecified atom stereocenters. The topological polar surface area (TPSA) is 52.6 Å². The van der Waals surface area contributed by atoms with Crippen LogP contribution in [0.15, 0.2) is 30.3 Å². The number of nitrogens with zero attached hydrogens (tertiary/aromatic N) is 1. The van der Waals surface area contributed by atoms with Crippen molar-refractivity contribution in [3.05, 3.63) is 35.9 Å². The maximum absolute atomic E-state index is 14.0. The molecule has 28 heavy (non-hydrogen) atoms. The van der Waals surface area contributed by atoms with Gasteiger partial charge in [-0.25, -0.2) is 8.78 Å². The second-order valence-corrected chi connectivity index (χ2v) is 9.13. The predicted molar refractivity (Wildman–Crippen MR) is 103 cm³/mol. The van der Waals surface area contributed by atoms with E-state index in [2.05, 4.69) is 12.2 Å². The van der Waals surface area contributed by atoms with Gasteiger partial charge in [0.15, 0.2) is 5.60 Å². The summed E-state index contributed by atoms with van der Waals surface area (Å²) in [7, 11) is 0. The first-order chi connectivity index (χ1) is 13.3. The van der Waals surface area contributed by atoms with Gasteiger partial charge in [0, 0.05) is 31.8 Å². The van der Waals surface area contributed by atoms with Crippen molar-refractivity contribution in [3.63, 3.8) is 0 Å². The third-order valence-corrected chi connectivity index (χ3v) is 7.47. The fourth-order valence-corrected chi connectivity index (χ4v) is 5.63. The summed E-state index contributed by atoms with van der Waals surface area (Å²) in [6.45, 7) is 5.22. The van der Waals surface area contributed by atoms with Crippen LogP contribution in [0.5, 0.6) is 0 Å². The SMILES string of the molecule is CC1CN(C(=O)[C@](O)(c2ccccc2)[C@@H]2CCC(F)(F)C2)CC12CCNCC2. The molecule has 1 aromatic carbocycles. The first kappa shape index (κ1) is 19.8. The number of carbonyl (C=O) groups is 1. The molecular weight excluding hydrogens is 362 g/mol. The number of alkyl halides is 2. The van der Waals surface area contributed by atoms with Crippen LogP contribution in [-0.4, -0.2) is 48.0 Å². The normalized spacial score (nSPS) is 31.1. The number of hydrogen-bond acceptors (Lipinski definition) is 3. The highest BCUT2D eigenvalue weighted by molar-refractivity contribution is 5.87. The molecule has 2 saturated heterocycles. The summed E-state index contributed by atoms with van der Waals surface area (Å²) in [5.41, 5.74) is -1.39. The van der Waals surface area contributed by atoms with Gasteiger partial charge in [-0.15, -0.1) is 0 Å². The minimum Gasteiger partial charge on any atom is -0.375 e. The third-order valence-electron chi connectivity index (χ3n) is 7.47. The number of benzene rings is 1. The molecule has 3 atom stereocenters. The van der Waals surface area contributed by atoms with E-state index in [0.717, 1.165) is 25.9 Å². The van der Waals surface area contributed by atoms with Gasteiger partial charge < -0.3 is 15.3 Å². The standard InChI is InChI=1S/C22H30F2N2O2/c1-16-14-26(15-20(16)9-11-25-12-10-20)19(27)22(28,17-5-3-2-4-6-17)18-7-8-21(23,24)13-18/h2-6,16,18,25,28H,7-15H2,1H3/t16?,18-,22+/m1/s1. The van der Waals surface area contributed by atoms with Gasteiger partial charge in [0.2, 0.25) is 5.92 Å². The molecule has 0 radical (unpaired) electrons. The molecule has 2 N–H and O–H groups in total. The van der Waals surface area contributed by atoms with Crippen molar-refractivity contribution in [2.45, 2.75) is 50.6 Å². The van der Waals surface area contributed by atoms with Gasteiger partial charge in [-0.2, -0.15) is 0 Å². The van der Waals surface area contributed by atoms with Crippen LogP contribution >= 0.6 is 0 Å². The van der Waals surface area contributed by atoms with Gasteiger partial charge in [-0.05, 0) is 49.2 Å². The number of halogens is 2. The largest absolute Gasteiger partial charge is 0.375 e. The fraction of sp³-hybridized carbons (Fsp3) is 0.682. The average Bonchev–Trinajstić information content (AvgIpc) is 3.22. The Morgan fingerprint density at radius 1 is 1.21 bits per heavy atom. The summed E-state index contributed by atoms with van der Waals surface area (Å²) in [5, 5.41) is 15.1. The number of nitrogens with one attached hydrogen (secondary N) is 1. The monoisotopic (exact) mass is 392 g/mol. The Morgan fingerprint density at radius 2 is 1.89 bits per heavy atom. The van der Waals surface area contributed by atoms with Crippen molar-refractivity contribution in [1.29, 1.82) is 0 Å². The number of hydrogen-bond donors (Lipinski definition) is 2. The summed E-state index contributed by atoms with van der Waals surface area (Å²) >= 11 is 0. The highest BCUT2D eigenvalue weighted by Crippen LogP contribution is 2.50. The lowest BCUT2D eigenvalue weighted by atomic mass is 9.72. The molecule has 1 amide bonds. The van der Waals surface area contributed by atoms with Gasteiger partial charge in [0.1, 0.15) is 0 Å². The zero-order valence-electron chi connectivity index (χ0n) is 16.5. The van der Waals surface area contributed by atoms with Crippen LogP contribution in [0.2, 0.25) is 0 Å². The van der Waals surface area contributed by atoms with Crippen LogP contribution in [0.3, 0.4) is 0 Å². The Bertz CT molecular complexity index is 721. The molecule has 0 aromatic heterocycles.